The van der Waals surface area contributed by atoms with Gasteiger partial charge < -0.3 is 10.2 Å². The number of nitrogens with one attached hydrogen (secondary N) is 1. The van der Waals surface area contributed by atoms with Gasteiger partial charge in [-0.25, -0.2) is 5.84 Å². The zero-order valence-electron chi connectivity index (χ0n) is 8.40. The SMILES string of the molecule is COCCN=C(NN)c1cncc(Br)c1. The van der Waals surface area contributed by atoms with Gasteiger partial charge in [0.05, 0.1) is 13.2 Å². The normalized spacial score (nSPS) is 11.5. The first-order valence-electron chi connectivity index (χ1n) is 4.39. The van der Waals surface area contributed by atoms with Crippen LogP contribution in [0.4, 0.5) is 0 Å². The number of aromatic nitrogens is 1. The van der Waals surface area contributed by atoms with Crippen molar-refractivity contribution in [2.45, 2.75) is 0 Å². The quantitative estimate of drug-likeness (QED) is 0.278. The third-order valence-corrected chi connectivity index (χ3v) is 2.11. The average molecular weight is 273 g/mol. The van der Waals surface area contributed by atoms with E-state index in [0.717, 1.165) is 10.0 Å². The van der Waals surface area contributed by atoms with E-state index in [1.165, 1.54) is 0 Å². The second kappa shape index (κ2) is 6.49. The van der Waals surface area contributed by atoms with Gasteiger partial charge in [-0.1, -0.05) is 0 Å². The molecule has 1 rings (SSSR count). The second-order valence-corrected chi connectivity index (χ2v) is 3.67. The molecule has 1 aromatic rings. The molecule has 6 heteroatoms. The van der Waals surface area contributed by atoms with E-state index in [1.807, 2.05) is 6.07 Å². The lowest BCUT2D eigenvalue weighted by Gasteiger charge is -2.05. The molecule has 0 aliphatic heterocycles. The number of hydrazine groups is 1. The molecule has 3 N–H and O–H groups in total. The standard InChI is InChI=1S/C9H13BrN4O/c1-15-3-2-13-9(14-11)7-4-8(10)6-12-5-7/h4-6H,2-3,11H2,1H3,(H,13,14). The Hall–Kier alpha value is -0.980. The van der Waals surface area contributed by atoms with Crippen LogP contribution in [0.25, 0.3) is 0 Å². The molecule has 0 saturated heterocycles. The van der Waals surface area contributed by atoms with Gasteiger partial charge in [0.2, 0.25) is 0 Å². The molecule has 0 unspecified atom stereocenters. The number of ether oxygens (including phenoxy) is 1. The molecule has 0 fully saturated rings. The Bertz CT molecular complexity index is 343. The first-order chi connectivity index (χ1) is 7.27. The van der Waals surface area contributed by atoms with Gasteiger partial charge >= 0.3 is 0 Å². The summed E-state index contributed by atoms with van der Waals surface area (Å²) in [7, 11) is 1.63. The number of hydrogen-bond donors (Lipinski definition) is 2. The minimum absolute atomic E-state index is 0.558. The number of halogens is 1. The topological polar surface area (TPSA) is 72.5 Å². The number of methoxy groups -OCH3 is 1. The van der Waals surface area contributed by atoms with Gasteiger partial charge in [0, 0.05) is 29.5 Å². The Kier molecular flexibility index (Phi) is 5.23. The van der Waals surface area contributed by atoms with Gasteiger partial charge in [-0.05, 0) is 22.0 Å². The van der Waals surface area contributed by atoms with E-state index < -0.39 is 0 Å². The molecule has 15 heavy (non-hydrogen) atoms. The minimum Gasteiger partial charge on any atom is -0.383 e. The monoisotopic (exact) mass is 272 g/mol. The molecule has 0 bridgehead atoms. The van der Waals surface area contributed by atoms with Gasteiger partial charge in [-0.2, -0.15) is 0 Å². The number of nitrogens with zero attached hydrogens (tertiary/aromatic N) is 2. The molecule has 0 atom stereocenters. The van der Waals surface area contributed by atoms with Crippen LogP contribution in [-0.2, 0) is 4.74 Å². The third kappa shape index (κ3) is 3.94. The average Bonchev–Trinajstić information content (AvgIpc) is 2.24. The van der Waals surface area contributed by atoms with Crippen molar-refractivity contribution in [1.82, 2.24) is 10.4 Å². The third-order valence-electron chi connectivity index (χ3n) is 1.68. The molecular weight excluding hydrogens is 260 g/mol. The predicted octanol–water partition coefficient (Wildman–Crippen LogP) is 0.700. The highest BCUT2D eigenvalue weighted by Crippen LogP contribution is 2.09. The summed E-state index contributed by atoms with van der Waals surface area (Å²) in [5.74, 6) is 5.97. The van der Waals surface area contributed by atoms with Crippen LogP contribution in [0.3, 0.4) is 0 Å². The minimum atomic E-state index is 0.558. The fourth-order valence-corrected chi connectivity index (χ4v) is 1.38. The number of hydrogen-bond acceptors (Lipinski definition) is 4. The highest BCUT2D eigenvalue weighted by Gasteiger charge is 2.01. The number of pyridine rings is 1. The number of nitrogens with two attached hydrogens (primary N) is 1. The molecule has 5 nitrogen and oxygen atoms in total. The first kappa shape index (κ1) is 12.1. The van der Waals surface area contributed by atoms with Gasteiger partial charge in [0.1, 0.15) is 5.84 Å². The summed E-state index contributed by atoms with van der Waals surface area (Å²) in [5.41, 5.74) is 3.37. The molecule has 1 heterocycles. The molecule has 82 valence electrons. The first-order valence-corrected chi connectivity index (χ1v) is 5.18. The van der Waals surface area contributed by atoms with Crippen molar-refractivity contribution in [2.75, 3.05) is 20.3 Å². The Morgan fingerprint density at radius 2 is 2.47 bits per heavy atom. The molecule has 0 saturated carbocycles. The number of aliphatic imine (C=N–C) groups is 1. The summed E-state index contributed by atoms with van der Waals surface area (Å²) < 4.78 is 5.78. The van der Waals surface area contributed by atoms with Crippen LogP contribution in [0.15, 0.2) is 27.9 Å². The maximum Gasteiger partial charge on any atom is 0.144 e. The number of amidine groups is 1. The molecule has 0 amide bonds. The largest absolute Gasteiger partial charge is 0.383 e. The Labute approximate surface area is 96.8 Å². The summed E-state index contributed by atoms with van der Waals surface area (Å²) >= 11 is 3.33. The van der Waals surface area contributed by atoms with Crippen LogP contribution in [-0.4, -0.2) is 31.1 Å². The van der Waals surface area contributed by atoms with E-state index in [-0.39, 0.29) is 0 Å². The second-order valence-electron chi connectivity index (χ2n) is 2.76. The predicted molar refractivity (Wildman–Crippen MR) is 62.5 cm³/mol. The van der Waals surface area contributed by atoms with E-state index in [9.17, 15) is 0 Å². The van der Waals surface area contributed by atoms with E-state index in [0.29, 0.717) is 19.0 Å². The number of rotatable bonds is 4. The van der Waals surface area contributed by atoms with Gasteiger partial charge in [-0.15, -0.1) is 0 Å². The van der Waals surface area contributed by atoms with Crippen molar-refractivity contribution < 1.29 is 4.74 Å². The van der Waals surface area contributed by atoms with E-state index in [1.54, 1.807) is 19.5 Å². The molecule has 0 aliphatic rings. The van der Waals surface area contributed by atoms with Crippen LogP contribution in [0.2, 0.25) is 0 Å². The van der Waals surface area contributed by atoms with Crippen LogP contribution < -0.4 is 11.3 Å². The summed E-state index contributed by atoms with van der Waals surface area (Å²) in [5, 5.41) is 0. The van der Waals surface area contributed by atoms with E-state index in [4.69, 9.17) is 10.6 Å². The lowest BCUT2D eigenvalue weighted by atomic mass is 10.2. The smallest absolute Gasteiger partial charge is 0.144 e. The summed E-state index contributed by atoms with van der Waals surface area (Å²) in [6.07, 6.45) is 3.39. The zero-order chi connectivity index (χ0) is 11.1. The zero-order valence-corrected chi connectivity index (χ0v) is 9.99. The lowest BCUT2D eigenvalue weighted by Crippen LogP contribution is -2.31. The lowest BCUT2D eigenvalue weighted by molar-refractivity contribution is 0.208. The van der Waals surface area contributed by atoms with Gasteiger partial charge in [-0.3, -0.25) is 9.98 Å². The molecular formula is C9H13BrN4O. The van der Waals surface area contributed by atoms with Crippen molar-refractivity contribution in [3.63, 3.8) is 0 Å². The molecule has 0 spiro atoms. The van der Waals surface area contributed by atoms with Crippen molar-refractivity contribution in [3.05, 3.63) is 28.5 Å². The summed E-state index contributed by atoms with van der Waals surface area (Å²) in [4.78, 5) is 8.26. The molecule has 0 aliphatic carbocycles. The van der Waals surface area contributed by atoms with Crippen molar-refractivity contribution in [2.24, 2.45) is 10.8 Å². The summed E-state index contributed by atoms with van der Waals surface area (Å²) in [6, 6.07) is 1.89. The van der Waals surface area contributed by atoms with E-state index >= 15 is 0 Å². The van der Waals surface area contributed by atoms with Crippen molar-refractivity contribution >= 4 is 21.8 Å². The van der Waals surface area contributed by atoms with Crippen molar-refractivity contribution in [3.8, 4) is 0 Å². The van der Waals surface area contributed by atoms with E-state index in [2.05, 4.69) is 31.3 Å². The van der Waals surface area contributed by atoms with Crippen molar-refractivity contribution in [1.29, 1.82) is 0 Å². The molecule has 1 aromatic heterocycles. The maximum atomic E-state index is 5.37. The molecule has 0 radical (unpaired) electrons. The Morgan fingerprint density at radius 3 is 3.07 bits per heavy atom. The maximum absolute atomic E-state index is 5.37. The van der Waals surface area contributed by atoms with Crippen LogP contribution in [0.1, 0.15) is 5.56 Å². The van der Waals surface area contributed by atoms with Gasteiger partial charge in [0.15, 0.2) is 0 Å². The Balaban J connectivity index is 2.77. The Morgan fingerprint density at radius 1 is 1.67 bits per heavy atom. The fraction of sp³-hybridized carbons (Fsp3) is 0.333. The fourth-order valence-electron chi connectivity index (χ4n) is 1.01. The highest BCUT2D eigenvalue weighted by atomic mass is 79.9. The van der Waals surface area contributed by atoms with Gasteiger partial charge in [0.25, 0.3) is 0 Å². The molecule has 0 aromatic carbocycles. The summed E-state index contributed by atoms with van der Waals surface area (Å²) in [6.45, 7) is 1.12. The highest BCUT2D eigenvalue weighted by molar-refractivity contribution is 9.10. The van der Waals surface area contributed by atoms with Crippen LogP contribution in [0.5, 0.6) is 0 Å². The van der Waals surface area contributed by atoms with Crippen LogP contribution >= 0.6 is 15.9 Å². The van der Waals surface area contributed by atoms with Crippen LogP contribution in [0, 0.1) is 0 Å².